The van der Waals surface area contributed by atoms with Crippen molar-refractivity contribution in [3.8, 4) is 0 Å². The highest BCUT2D eigenvalue weighted by molar-refractivity contribution is 6.02. The van der Waals surface area contributed by atoms with Crippen LogP contribution in [0.2, 0.25) is 0 Å². The Morgan fingerprint density at radius 2 is 1.48 bits per heavy atom. The van der Waals surface area contributed by atoms with Gasteiger partial charge >= 0.3 is 0 Å². The van der Waals surface area contributed by atoms with Crippen LogP contribution in [0, 0.1) is 0 Å². The summed E-state index contributed by atoms with van der Waals surface area (Å²) in [5.41, 5.74) is 5.43. The minimum absolute atomic E-state index is 0.0160. The second-order valence-corrected chi connectivity index (χ2v) is 6.66. The lowest BCUT2D eigenvalue weighted by molar-refractivity contribution is -0.117. The van der Waals surface area contributed by atoms with Crippen LogP contribution in [0.4, 0.5) is 17.1 Å². The minimum Gasteiger partial charge on any atom is -0.354 e. The number of nitrogens with one attached hydrogen (secondary N) is 1. The van der Waals surface area contributed by atoms with Gasteiger partial charge in [-0.25, -0.2) is 0 Å². The van der Waals surface area contributed by atoms with Gasteiger partial charge in [0.05, 0.1) is 17.4 Å². The first-order valence-corrected chi connectivity index (χ1v) is 8.65. The quantitative estimate of drug-likeness (QED) is 0.682. The molecule has 2 heterocycles. The number of anilines is 3. The van der Waals surface area contributed by atoms with Gasteiger partial charge in [-0.2, -0.15) is 0 Å². The molecule has 3 nitrogen and oxygen atoms in total. The number of fused-ring (bicyclic) bond motifs is 5. The van der Waals surface area contributed by atoms with Crippen LogP contribution < -0.4 is 10.2 Å². The molecule has 3 aromatic rings. The number of para-hydroxylation sites is 3. The number of amides is 1. The largest absolute Gasteiger partial charge is 0.354 e. The normalized spacial score (nSPS) is 21.0. The molecule has 1 N–H and O–H groups in total. The Bertz CT molecular complexity index is 951. The van der Waals surface area contributed by atoms with Gasteiger partial charge in [-0.3, -0.25) is 4.79 Å². The van der Waals surface area contributed by atoms with Crippen LogP contribution in [0.5, 0.6) is 0 Å². The Labute approximate surface area is 146 Å². The van der Waals surface area contributed by atoms with E-state index in [0.717, 1.165) is 17.1 Å². The summed E-state index contributed by atoms with van der Waals surface area (Å²) in [6, 6.07) is 26.8. The zero-order valence-corrected chi connectivity index (χ0v) is 13.7. The average Bonchev–Trinajstić information content (AvgIpc) is 2.92. The summed E-state index contributed by atoms with van der Waals surface area (Å²) in [6.07, 6.45) is 0.539. The highest BCUT2D eigenvalue weighted by atomic mass is 16.2. The van der Waals surface area contributed by atoms with Crippen molar-refractivity contribution in [3.05, 3.63) is 90.0 Å². The topological polar surface area (TPSA) is 32.3 Å². The van der Waals surface area contributed by atoms with Crippen LogP contribution in [-0.2, 0) is 4.79 Å². The minimum atomic E-state index is 0.0160. The second-order valence-electron chi connectivity index (χ2n) is 6.66. The predicted molar refractivity (Wildman–Crippen MR) is 100 cm³/mol. The van der Waals surface area contributed by atoms with Gasteiger partial charge in [0.2, 0.25) is 5.91 Å². The molecule has 0 aromatic heterocycles. The average molecular weight is 326 g/mol. The third-order valence-corrected chi connectivity index (χ3v) is 5.26. The van der Waals surface area contributed by atoms with Crippen molar-refractivity contribution in [2.24, 2.45) is 0 Å². The molecule has 3 heteroatoms. The number of carbonyl (C=O) groups is 1. The molecular formula is C22H18N2O. The Morgan fingerprint density at radius 3 is 2.32 bits per heavy atom. The summed E-state index contributed by atoms with van der Waals surface area (Å²) in [5.74, 6) is 0.340. The molecule has 1 unspecified atom stereocenters. The van der Waals surface area contributed by atoms with E-state index in [1.165, 1.54) is 11.1 Å². The van der Waals surface area contributed by atoms with Gasteiger partial charge in [-0.15, -0.1) is 0 Å². The third-order valence-electron chi connectivity index (χ3n) is 5.26. The highest BCUT2D eigenvalue weighted by Crippen LogP contribution is 2.52. The molecule has 3 aromatic carbocycles. The van der Waals surface area contributed by atoms with Crippen molar-refractivity contribution in [1.29, 1.82) is 0 Å². The van der Waals surface area contributed by atoms with E-state index in [1.54, 1.807) is 0 Å². The van der Waals surface area contributed by atoms with Gasteiger partial charge in [0, 0.05) is 18.0 Å². The van der Waals surface area contributed by atoms with Crippen LogP contribution in [0.25, 0.3) is 0 Å². The van der Waals surface area contributed by atoms with Gasteiger partial charge in [0.1, 0.15) is 0 Å². The first-order valence-electron chi connectivity index (χ1n) is 8.65. The van der Waals surface area contributed by atoms with Gasteiger partial charge in [0.25, 0.3) is 0 Å². The van der Waals surface area contributed by atoms with E-state index in [4.69, 9.17) is 0 Å². The van der Waals surface area contributed by atoms with E-state index < -0.39 is 0 Å². The van der Waals surface area contributed by atoms with E-state index in [-0.39, 0.29) is 17.9 Å². The molecule has 1 saturated heterocycles. The molecule has 0 bridgehead atoms. The molecule has 2 aliphatic heterocycles. The maximum atomic E-state index is 13.0. The number of carbonyl (C=O) groups excluding carboxylic acids is 1. The molecule has 0 saturated carbocycles. The van der Waals surface area contributed by atoms with Crippen molar-refractivity contribution < 1.29 is 4.79 Å². The summed E-state index contributed by atoms with van der Waals surface area (Å²) < 4.78 is 0. The summed E-state index contributed by atoms with van der Waals surface area (Å²) in [5, 5.41) is 3.53. The van der Waals surface area contributed by atoms with Gasteiger partial charge in [-0.1, -0.05) is 60.7 Å². The Balaban J connectivity index is 1.75. The van der Waals surface area contributed by atoms with Crippen LogP contribution in [0.15, 0.2) is 78.9 Å². The molecule has 2 aliphatic rings. The fourth-order valence-corrected chi connectivity index (χ4v) is 4.18. The van der Waals surface area contributed by atoms with Crippen molar-refractivity contribution in [2.45, 2.75) is 18.4 Å². The lowest BCUT2D eigenvalue weighted by atomic mass is 9.87. The lowest BCUT2D eigenvalue weighted by Crippen LogP contribution is -2.27. The van der Waals surface area contributed by atoms with Gasteiger partial charge in [0.15, 0.2) is 0 Å². The SMILES string of the molecule is O=C1C[C@H](c2ccccc2)C2c3ccccc3Nc3ccccc3N12. The maximum Gasteiger partial charge on any atom is 0.228 e. The number of hydrogen-bond donors (Lipinski definition) is 1. The predicted octanol–water partition coefficient (Wildman–Crippen LogP) is 5.01. The van der Waals surface area contributed by atoms with Crippen molar-refractivity contribution >= 4 is 23.0 Å². The lowest BCUT2D eigenvalue weighted by Gasteiger charge is -2.28. The van der Waals surface area contributed by atoms with E-state index in [2.05, 4.69) is 47.8 Å². The summed E-state index contributed by atoms with van der Waals surface area (Å²) in [7, 11) is 0. The molecule has 0 aliphatic carbocycles. The maximum absolute atomic E-state index is 13.0. The molecule has 1 fully saturated rings. The molecular weight excluding hydrogens is 308 g/mol. The first-order chi connectivity index (χ1) is 12.3. The van der Waals surface area contributed by atoms with E-state index in [1.807, 2.05) is 41.3 Å². The molecule has 1 amide bonds. The zero-order valence-electron chi connectivity index (χ0n) is 13.7. The number of hydrogen-bond acceptors (Lipinski definition) is 2. The number of benzene rings is 3. The molecule has 5 rings (SSSR count). The number of nitrogens with zero attached hydrogens (tertiary/aromatic N) is 1. The highest BCUT2D eigenvalue weighted by Gasteiger charge is 2.44. The zero-order chi connectivity index (χ0) is 16.8. The fourth-order valence-electron chi connectivity index (χ4n) is 4.18. The Hall–Kier alpha value is -3.07. The van der Waals surface area contributed by atoms with E-state index in [0.29, 0.717) is 6.42 Å². The standard InChI is InChI=1S/C22H18N2O/c25-21-14-17(15-8-2-1-3-9-15)22-16-10-4-5-11-18(16)23-19-12-6-7-13-20(19)24(21)22/h1-13,17,22-23H,14H2/t17-,22?/m1/s1. The van der Waals surface area contributed by atoms with Crippen LogP contribution >= 0.6 is 0 Å². The third kappa shape index (κ3) is 2.16. The summed E-state index contributed by atoms with van der Waals surface area (Å²) >= 11 is 0. The second kappa shape index (κ2) is 5.49. The van der Waals surface area contributed by atoms with Gasteiger partial charge in [-0.05, 0) is 29.3 Å². The summed E-state index contributed by atoms with van der Waals surface area (Å²) in [4.78, 5) is 15.0. The molecule has 0 spiro atoms. The summed E-state index contributed by atoms with van der Waals surface area (Å²) in [6.45, 7) is 0. The Morgan fingerprint density at radius 1 is 0.800 bits per heavy atom. The smallest absolute Gasteiger partial charge is 0.228 e. The molecule has 122 valence electrons. The molecule has 0 radical (unpaired) electrons. The van der Waals surface area contributed by atoms with Crippen LogP contribution in [-0.4, -0.2) is 5.91 Å². The van der Waals surface area contributed by atoms with Crippen molar-refractivity contribution in [2.75, 3.05) is 10.2 Å². The monoisotopic (exact) mass is 326 g/mol. The first kappa shape index (κ1) is 14.3. The van der Waals surface area contributed by atoms with Crippen molar-refractivity contribution in [3.63, 3.8) is 0 Å². The van der Waals surface area contributed by atoms with E-state index in [9.17, 15) is 4.79 Å². The van der Waals surface area contributed by atoms with Gasteiger partial charge < -0.3 is 10.2 Å². The van der Waals surface area contributed by atoms with Crippen LogP contribution in [0.3, 0.4) is 0 Å². The molecule has 2 atom stereocenters. The number of rotatable bonds is 1. The van der Waals surface area contributed by atoms with Crippen LogP contribution in [0.1, 0.15) is 29.5 Å². The molecule has 25 heavy (non-hydrogen) atoms. The van der Waals surface area contributed by atoms with E-state index >= 15 is 0 Å². The fraction of sp³-hybridized carbons (Fsp3) is 0.136. The van der Waals surface area contributed by atoms with Crippen molar-refractivity contribution in [1.82, 2.24) is 0 Å². The Kier molecular flexibility index (Phi) is 3.14.